The SMILES string of the molecule is O=S(=O)(c1ccccc1)c1nc2ccccc2nc1N1CCc2ccccc2C1. The average molecular weight is 401 g/mol. The molecule has 0 radical (unpaired) electrons. The fourth-order valence-corrected chi connectivity index (χ4v) is 5.12. The molecule has 0 fully saturated rings. The molecular weight excluding hydrogens is 382 g/mol. The maximum atomic E-state index is 13.5. The molecule has 2 heterocycles. The lowest BCUT2D eigenvalue weighted by Gasteiger charge is -2.30. The average Bonchev–Trinajstić information content (AvgIpc) is 2.78. The van der Waals surface area contributed by atoms with Crippen LogP contribution in [0.1, 0.15) is 11.1 Å². The van der Waals surface area contributed by atoms with Crippen molar-refractivity contribution in [1.29, 1.82) is 0 Å². The van der Waals surface area contributed by atoms with E-state index in [0.29, 0.717) is 29.9 Å². The Morgan fingerprint density at radius 1 is 0.724 bits per heavy atom. The van der Waals surface area contributed by atoms with Crippen LogP contribution in [-0.2, 0) is 22.8 Å². The minimum Gasteiger partial charge on any atom is -0.350 e. The first-order valence-corrected chi connectivity index (χ1v) is 11.0. The van der Waals surface area contributed by atoms with E-state index in [1.165, 1.54) is 11.1 Å². The fourth-order valence-electron chi connectivity index (χ4n) is 3.75. The zero-order chi connectivity index (χ0) is 19.8. The summed E-state index contributed by atoms with van der Waals surface area (Å²) < 4.78 is 26.9. The van der Waals surface area contributed by atoms with Gasteiger partial charge in [0.25, 0.3) is 0 Å². The molecule has 0 amide bonds. The quantitative estimate of drug-likeness (QED) is 0.519. The lowest BCUT2D eigenvalue weighted by molar-refractivity contribution is 0.590. The summed E-state index contributed by atoms with van der Waals surface area (Å²) in [4.78, 5) is 11.6. The van der Waals surface area contributed by atoms with Gasteiger partial charge in [-0.1, -0.05) is 54.6 Å². The van der Waals surface area contributed by atoms with Crippen LogP contribution in [0.3, 0.4) is 0 Å². The fraction of sp³-hybridized carbons (Fsp3) is 0.130. The monoisotopic (exact) mass is 401 g/mol. The molecule has 0 spiro atoms. The molecule has 0 atom stereocenters. The highest BCUT2D eigenvalue weighted by atomic mass is 32.2. The molecule has 3 aromatic carbocycles. The van der Waals surface area contributed by atoms with Crippen molar-refractivity contribution in [2.24, 2.45) is 0 Å². The molecule has 0 bridgehead atoms. The molecule has 0 N–H and O–H groups in total. The first-order valence-electron chi connectivity index (χ1n) is 9.51. The van der Waals surface area contributed by atoms with Gasteiger partial charge in [0, 0.05) is 13.1 Å². The molecule has 0 unspecified atom stereocenters. The van der Waals surface area contributed by atoms with Gasteiger partial charge in [-0.2, -0.15) is 0 Å². The normalized spacial score (nSPS) is 14.0. The summed E-state index contributed by atoms with van der Waals surface area (Å²) in [7, 11) is -3.80. The highest BCUT2D eigenvalue weighted by Crippen LogP contribution is 2.32. The van der Waals surface area contributed by atoms with E-state index >= 15 is 0 Å². The van der Waals surface area contributed by atoms with E-state index in [4.69, 9.17) is 4.98 Å². The Hall–Kier alpha value is -3.25. The predicted molar refractivity (Wildman–Crippen MR) is 113 cm³/mol. The zero-order valence-corrected chi connectivity index (χ0v) is 16.5. The number of aromatic nitrogens is 2. The number of benzene rings is 3. The van der Waals surface area contributed by atoms with Gasteiger partial charge in [0.1, 0.15) is 0 Å². The number of rotatable bonds is 3. The van der Waals surface area contributed by atoms with Crippen molar-refractivity contribution in [3.8, 4) is 0 Å². The van der Waals surface area contributed by atoms with Gasteiger partial charge in [0.05, 0.1) is 15.9 Å². The summed E-state index contributed by atoms with van der Waals surface area (Å²) in [6.07, 6.45) is 0.843. The van der Waals surface area contributed by atoms with Gasteiger partial charge >= 0.3 is 0 Å². The van der Waals surface area contributed by atoms with Crippen LogP contribution in [0.4, 0.5) is 5.82 Å². The number of nitrogens with zero attached hydrogens (tertiary/aromatic N) is 3. The van der Waals surface area contributed by atoms with Crippen molar-refractivity contribution in [1.82, 2.24) is 9.97 Å². The van der Waals surface area contributed by atoms with Crippen LogP contribution >= 0.6 is 0 Å². The van der Waals surface area contributed by atoms with Gasteiger partial charge in [-0.3, -0.25) is 0 Å². The van der Waals surface area contributed by atoms with Crippen LogP contribution in [0.2, 0.25) is 0 Å². The second kappa shape index (κ2) is 6.97. The largest absolute Gasteiger partial charge is 0.350 e. The van der Waals surface area contributed by atoms with Gasteiger partial charge in [-0.25, -0.2) is 18.4 Å². The number of anilines is 1. The maximum Gasteiger partial charge on any atom is 0.227 e. The predicted octanol–water partition coefficient (Wildman–Crippen LogP) is 4.03. The van der Waals surface area contributed by atoms with Crippen LogP contribution in [0, 0.1) is 0 Å². The standard InChI is InChI=1S/C23H19N3O2S/c27-29(28,19-10-2-1-3-11-19)23-22(24-20-12-6-7-13-21(20)25-23)26-15-14-17-8-4-5-9-18(17)16-26/h1-13H,14-16H2. The molecule has 5 rings (SSSR count). The number of hydrogen-bond acceptors (Lipinski definition) is 5. The lowest BCUT2D eigenvalue weighted by atomic mass is 10.00. The topological polar surface area (TPSA) is 63.2 Å². The first-order chi connectivity index (χ1) is 14.1. The van der Waals surface area contributed by atoms with E-state index in [9.17, 15) is 8.42 Å². The molecule has 0 aliphatic carbocycles. The Balaban J connectivity index is 1.70. The van der Waals surface area contributed by atoms with Crippen LogP contribution in [0.5, 0.6) is 0 Å². The molecule has 6 heteroatoms. The van der Waals surface area contributed by atoms with Gasteiger partial charge in [-0.15, -0.1) is 0 Å². The molecule has 5 nitrogen and oxygen atoms in total. The van der Waals surface area contributed by atoms with Gasteiger partial charge in [0.2, 0.25) is 14.9 Å². The highest BCUT2D eigenvalue weighted by Gasteiger charge is 2.29. The van der Waals surface area contributed by atoms with Crippen molar-refractivity contribution < 1.29 is 8.42 Å². The Labute approximate surface area is 169 Å². The Morgan fingerprint density at radius 2 is 1.34 bits per heavy atom. The third-order valence-corrected chi connectivity index (χ3v) is 6.94. The number of sulfone groups is 1. The summed E-state index contributed by atoms with van der Waals surface area (Å²) in [6, 6.07) is 24.1. The van der Waals surface area contributed by atoms with Crippen LogP contribution < -0.4 is 4.90 Å². The third-order valence-electron chi connectivity index (χ3n) is 5.26. The summed E-state index contributed by atoms with van der Waals surface area (Å²) >= 11 is 0. The summed E-state index contributed by atoms with van der Waals surface area (Å²) in [5, 5.41) is 0.0155. The smallest absolute Gasteiger partial charge is 0.227 e. The summed E-state index contributed by atoms with van der Waals surface area (Å²) in [5.41, 5.74) is 3.75. The second-order valence-corrected chi connectivity index (χ2v) is 8.96. The van der Waals surface area contributed by atoms with Gasteiger partial charge in [0.15, 0.2) is 5.82 Å². The van der Waals surface area contributed by atoms with Gasteiger partial charge < -0.3 is 4.90 Å². The molecule has 1 aliphatic heterocycles. The minimum absolute atomic E-state index is 0.0155. The van der Waals surface area contributed by atoms with Crippen LogP contribution in [0.25, 0.3) is 11.0 Å². The van der Waals surface area contributed by atoms with Crippen molar-refractivity contribution in [3.63, 3.8) is 0 Å². The molecule has 1 aromatic heterocycles. The summed E-state index contributed by atoms with van der Waals surface area (Å²) in [6.45, 7) is 1.31. The van der Waals surface area contributed by atoms with E-state index in [-0.39, 0.29) is 9.92 Å². The maximum absolute atomic E-state index is 13.5. The van der Waals surface area contributed by atoms with Crippen molar-refractivity contribution in [2.75, 3.05) is 11.4 Å². The molecular formula is C23H19N3O2S. The minimum atomic E-state index is -3.80. The lowest BCUT2D eigenvalue weighted by Crippen LogP contribution is -2.32. The molecule has 0 saturated carbocycles. The van der Waals surface area contributed by atoms with E-state index in [2.05, 4.69) is 17.1 Å². The Bertz CT molecular complexity index is 1300. The number of para-hydroxylation sites is 2. The zero-order valence-electron chi connectivity index (χ0n) is 15.7. The van der Waals surface area contributed by atoms with E-state index in [1.54, 1.807) is 36.4 Å². The molecule has 0 saturated heterocycles. The Morgan fingerprint density at radius 3 is 2.10 bits per heavy atom. The van der Waals surface area contributed by atoms with Crippen molar-refractivity contribution >= 4 is 26.7 Å². The highest BCUT2D eigenvalue weighted by molar-refractivity contribution is 7.91. The second-order valence-electron chi connectivity index (χ2n) is 7.10. The van der Waals surface area contributed by atoms with Crippen molar-refractivity contribution in [2.45, 2.75) is 22.9 Å². The summed E-state index contributed by atoms with van der Waals surface area (Å²) in [5.74, 6) is 0.419. The number of hydrogen-bond donors (Lipinski definition) is 0. The molecule has 144 valence electrons. The molecule has 4 aromatic rings. The molecule has 29 heavy (non-hydrogen) atoms. The van der Waals surface area contributed by atoms with Crippen molar-refractivity contribution in [3.05, 3.63) is 90.0 Å². The van der Waals surface area contributed by atoms with E-state index in [1.807, 2.05) is 35.2 Å². The van der Waals surface area contributed by atoms with Gasteiger partial charge in [-0.05, 0) is 41.8 Å². The third kappa shape index (κ3) is 3.15. The van der Waals surface area contributed by atoms with Crippen LogP contribution in [-0.4, -0.2) is 24.9 Å². The molecule has 1 aliphatic rings. The van der Waals surface area contributed by atoms with E-state index in [0.717, 1.165) is 6.42 Å². The van der Waals surface area contributed by atoms with E-state index < -0.39 is 9.84 Å². The Kier molecular flexibility index (Phi) is 4.28. The number of fused-ring (bicyclic) bond motifs is 2. The first kappa shape index (κ1) is 17.8. The van der Waals surface area contributed by atoms with Crippen LogP contribution in [0.15, 0.2) is 88.8 Å².